The molecule has 0 heterocycles. The van der Waals surface area contributed by atoms with Crippen molar-refractivity contribution < 1.29 is 10.1 Å². The molecule has 2 saturated carbocycles. The van der Waals surface area contributed by atoms with Gasteiger partial charge in [-0.1, -0.05) is 43.7 Å². The number of rotatable bonds is 5. The number of amides is 1. The molecule has 0 saturated heterocycles. The van der Waals surface area contributed by atoms with Gasteiger partial charge in [-0.2, -0.15) is 0 Å². The molecule has 2 aliphatic rings. The van der Waals surface area contributed by atoms with Gasteiger partial charge in [0, 0.05) is 17.5 Å². The van der Waals surface area contributed by atoms with Crippen LogP contribution in [0.1, 0.15) is 57.1 Å². The molecule has 1 aromatic carbocycles. The zero-order valence-corrected chi connectivity index (χ0v) is 12.9. The zero-order chi connectivity index (χ0) is 14.7. The highest BCUT2D eigenvalue weighted by molar-refractivity contribution is 5.82. The molecule has 0 bridgehead atoms. The van der Waals surface area contributed by atoms with Crippen LogP contribution < -0.4 is 10.6 Å². The number of nitrogens with two attached hydrogens (primary N) is 1. The highest BCUT2D eigenvalue weighted by Crippen LogP contribution is 2.23. The first-order valence-corrected chi connectivity index (χ1v) is 8.44. The third kappa shape index (κ3) is 3.85. The van der Waals surface area contributed by atoms with Gasteiger partial charge >= 0.3 is 0 Å². The molecule has 2 aliphatic carbocycles. The molecule has 114 valence electrons. The van der Waals surface area contributed by atoms with E-state index in [2.05, 4.69) is 29.7 Å². The molecule has 3 nitrogen and oxygen atoms in total. The van der Waals surface area contributed by atoms with Crippen LogP contribution in [0.25, 0.3) is 0 Å². The van der Waals surface area contributed by atoms with E-state index < -0.39 is 0 Å². The molecule has 3 N–H and O–H groups in total. The first-order valence-electron chi connectivity index (χ1n) is 8.44. The molecule has 21 heavy (non-hydrogen) atoms. The topological polar surface area (TPSA) is 45.7 Å². The van der Waals surface area contributed by atoms with Gasteiger partial charge < -0.3 is 10.6 Å². The quantitative estimate of drug-likeness (QED) is 0.856. The first-order chi connectivity index (χ1) is 10.2. The lowest BCUT2D eigenvalue weighted by Gasteiger charge is -2.30. The Hall–Kier alpha value is -1.35. The van der Waals surface area contributed by atoms with Gasteiger partial charge in [-0.15, -0.1) is 0 Å². The van der Waals surface area contributed by atoms with Crippen molar-refractivity contribution in [2.24, 2.45) is 5.92 Å². The van der Waals surface area contributed by atoms with Crippen molar-refractivity contribution in [3.05, 3.63) is 35.9 Å². The summed E-state index contributed by atoms with van der Waals surface area (Å²) in [6.07, 6.45) is 7.47. The van der Waals surface area contributed by atoms with Crippen LogP contribution in [-0.2, 0) is 4.79 Å². The van der Waals surface area contributed by atoms with Gasteiger partial charge in [0.25, 0.3) is 5.91 Å². The van der Waals surface area contributed by atoms with Crippen molar-refractivity contribution in [3.63, 3.8) is 0 Å². The van der Waals surface area contributed by atoms with Gasteiger partial charge in [0.1, 0.15) is 0 Å². The Kier molecular flexibility index (Phi) is 4.59. The Balaban J connectivity index is 1.73. The maximum Gasteiger partial charge on any atom is 0.283 e. The van der Waals surface area contributed by atoms with E-state index in [0.29, 0.717) is 18.0 Å². The molecule has 3 rings (SSSR count). The van der Waals surface area contributed by atoms with Crippen LogP contribution in [0.15, 0.2) is 30.3 Å². The lowest BCUT2D eigenvalue weighted by atomic mass is 9.85. The minimum atomic E-state index is -0.0858. The minimum absolute atomic E-state index is 0.0858. The largest absolute Gasteiger partial charge is 0.348 e. The fraction of sp³-hybridized carbons (Fsp3) is 0.611. The van der Waals surface area contributed by atoms with Crippen LogP contribution in [0.2, 0.25) is 0 Å². The van der Waals surface area contributed by atoms with E-state index in [0.717, 1.165) is 18.4 Å². The summed E-state index contributed by atoms with van der Waals surface area (Å²) in [5, 5.41) is 5.52. The molecule has 0 radical (unpaired) electrons. The molecule has 0 aliphatic heterocycles. The van der Waals surface area contributed by atoms with Crippen molar-refractivity contribution in [3.8, 4) is 0 Å². The molecule has 3 atom stereocenters. The van der Waals surface area contributed by atoms with E-state index in [1.54, 1.807) is 0 Å². The summed E-state index contributed by atoms with van der Waals surface area (Å²) >= 11 is 0. The van der Waals surface area contributed by atoms with Crippen molar-refractivity contribution in [1.82, 2.24) is 5.32 Å². The second kappa shape index (κ2) is 6.61. The number of hydrogen-bond acceptors (Lipinski definition) is 1. The third-order valence-corrected chi connectivity index (χ3v) is 4.98. The van der Waals surface area contributed by atoms with Crippen molar-refractivity contribution in [2.45, 2.75) is 63.6 Å². The Morgan fingerprint density at radius 3 is 2.52 bits per heavy atom. The standard InChI is InChI=1S/C18H26N2O/c1-13-7-5-6-10-16(13)20-17(14-8-3-2-4-9-14)18(21)19-15-11-12-15/h2-4,8-9,13,15-17,20H,5-7,10-12H2,1H3,(H,19,21)/p+1/t13-,16-,17-/m0/s1. The predicted octanol–water partition coefficient (Wildman–Crippen LogP) is 2.15. The second-order valence-corrected chi connectivity index (χ2v) is 6.79. The Morgan fingerprint density at radius 2 is 1.86 bits per heavy atom. The number of quaternary nitrogens is 1. The van der Waals surface area contributed by atoms with Gasteiger partial charge in [0.15, 0.2) is 6.04 Å². The predicted molar refractivity (Wildman–Crippen MR) is 83.7 cm³/mol. The van der Waals surface area contributed by atoms with Crippen LogP contribution in [0.3, 0.4) is 0 Å². The average Bonchev–Trinajstić information content (AvgIpc) is 3.31. The lowest BCUT2D eigenvalue weighted by Crippen LogP contribution is -2.94. The molecular formula is C18H27N2O+. The van der Waals surface area contributed by atoms with E-state index in [1.807, 2.05) is 18.2 Å². The summed E-state index contributed by atoms with van der Waals surface area (Å²) in [6.45, 7) is 2.33. The summed E-state index contributed by atoms with van der Waals surface area (Å²) in [4.78, 5) is 12.6. The van der Waals surface area contributed by atoms with Gasteiger partial charge in [-0.3, -0.25) is 4.79 Å². The Bertz CT molecular complexity index is 469. The summed E-state index contributed by atoms with van der Waals surface area (Å²) in [6, 6.07) is 11.2. The molecule has 3 heteroatoms. The maximum atomic E-state index is 12.6. The van der Waals surface area contributed by atoms with E-state index >= 15 is 0 Å². The van der Waals surface area contributed by atoms with Gasteiger partial charge in [0.05, 0.1) is 6.04 Å². The van der Waals surface area contributed by atoms with Gasteiger partial charge in [-0.25, -0.2) is 0 Å². The number of hydrogen-bond donors (Lipinski definition) is 2. The average molecular weight is 287 g/mol. The first kappa shape index (κ1) is 14.6. The second-order valence-electron chi connectivity index (χ2n) is 6.79. The monoisotopic (exact) mass is 287 g/mol. The molecule has 2 fully saturated rings. The normalized spacial score (nSPS) is 27.1. The molecule has 0 aromatic heterocycles. The van der Waals surface area contributed by atoms with E-state index in [4.69, 9.17) is 0 Å². The molecule has 1 aromatic rings. The summed E-state index contributed by atoms with van der Waals surface area (Å²) in [7, 11) is 0. The zero-order valence-electron chi connectivity index (χ0n) is 12.9. The van der Waals surface area contributed by atoms with E-state index in [-0.39, 0.29) is 11.9 Å². The smallest absolute Gasteiger partial charge is 0.283 e. The number of carbonyl (C=O) groups is 1. The number of nitrogens with one attached hydrogen (secondary N) is 1. The SMILES string of the molecule is C[C@H]1CCCC[C@@H]1[NH2+][C@H](C(=O)NC1CC1)c1ccccc1. The van der Waals surface area contributed by atoms with E-state index in [9.17, 15) is 4.79 Å². The van der Waals surface area contributed by atoms with Gasteiger partial charge in [-0.05, 0) is 32.1 Å². The fourth-order valence-electron chi connectivity index (χ4n) is 3.41. The minimum Gasteiger partial charge on any atom is -0.348 e. The van der Waals surface area contributed by atoms with Gasteiger partial charge in [0.2, 0.25) is 0 Å². The summed E-state index contributed by atoms with van der Waals surface area (Å²) < 4.78 is 0. The van der Waals surface area contributed by atoms with E-state index in [1.165, 1.54) is 25.7 Å². The Morgan fingerprint density at radius 1 is 1.14 bits per heavy atom. The van der Waals surface area contributed by atoms with Crippen molar-refractivity contribution in [2.75, 3.05) is 0 Å². The molecule has 1 amide bonds. The molecule has 0 unspecified atom stereocenters. The highest BCUT2D eigenvalue weighted by atomic mass is 16.2. The molecular weight excluding hydrogens is 260 g/mol. The van der Waals surface area contributed by atoms with Crippen LogP contribution in [0, 0.1) is 5.92 Å². The Labute approximate surface area is 127 Å². The number of benzene rings is 1. The summed E-state index contributed by atoms with van der Waals surface area (Å²) in [5.74, 6) is 0.903. The lowest BCUT2D eigenvalue weighted by molar-refractivity contribution is -0.723. The number of carbonyl (C=O) groups excluding carboxylic acids is 1. The van der Waals surface area contributed by atoms with Crippen LogP contribution in [0.4, 0.5) is 0 Å². The third-order valence-electron chi connectivity index (χ3n) is 4.98. The van der Waals surface area contributed by atoms with Crippen molar-refractivity contribution in [1.29, 1.82) is 0 Å². The molecule has 0 spiro atoms. The maximum absolute atomic E-state index is 12.6. The highest BCUT2D eigenvalue weighted by Gasteiger charge is 2.34. The van der Waals surface area contributed by atoms with Crippen LogP contribution in [-0.4, -0.2) is 18.0 Å². The van der Waals surface area contributed by atoms with Crippen LogP contribution >= 0.6 is 0 Å². The van der Waals surface area contributed by atoms with Crippen LogP contribution in [0.5, 0.6) is 0 Å². The fourth-order valence-corrected chi connectivity index (χ4v) is 3.41. The summed E-state index contributed by atoms with van der Waals surface area (Å²) in [5.41, 5.74) is 1.13. The van der Waals surface area contributed by atoms with Crippen molar-refractivity contribution >= 4 is 5.91 Å².